The normalized spacial score (nSPS) is 20.7. The van der Waals surface area contributed by atoms with Crippen LogP contribution in [0.4, 0.5) is 11.4 Å². The summed E-state index contributed by atoms with van der Waals surface area (Å²) in [5, 5.41) is 12.2. The van der Waals surface area contributed by atoms with E-state index in [4.69, 9.17) is 27.9 Å². The molecule has 5 rings (SSSR count). The van der Waals surface area contributed by atoms with Crippen LogP contribution in [-0.2, 0) is 4.79 Å². The Bertz CT molecular complexity index is 1040. The number of hydrogen-bond acceptors (Lipinski definition) is 6. The molecule has 0 aromatic heterocycles. The summed E-state index contributed by atoms with van der Waals surface area (Å²) in [6.07, 6.45) is 0. The lowest BCUT2D eigenvalue weighted by molar-refractivity contribution is -0.122. The molecule has 2 aromatic carbocycles. The highest BCUT2D eigenvalue weighted by molar-refractivity contribution is 6.36. The van der Waals surface area contributed by atoms with Gasteiger partial charge in [-0.05, 0) is 31.2 Å². The van der Waals surface area contributed by atoms with E-state index in [0.717, 1.165) is 35.6 Å². The molecule has 0 aliphatic carbocycles. The largest absolute Gasteiger partial charge is 0.483 e. The predicted molar refractivity (Wildman–Crippen MR) is 115 cm³/mol. The number of carbonyl (C=O) groups is 1. The van der Waals surface area contributed by atoms with Crippen molar-refractivity contribution in [1.29, 1.82) is 0 Å². The van der Waals surface area contributed by atoms with Gasteiger partial charge in [-0.3, -0.25) is 4.79 Å². The van der Waals surface area contributed by atoms with E-state index in [2.05, 4.69) is 21.2 Å². The van der Waals surface area contributed by atoms with E-state index in [9.17, 15) is 4.79 Å². The smallest absolute Gasteiger partial charge is 0.262 e. The highest BCUT2D eigenvalue weighted by Gasteiger charge is 2.36. The average Bonchev–Trinajstić information content (AvgIpc) is 2.67. The van der Waals surface area contributed by atoms with E-state index in [0.29, 0.717) is 27.7 Å². The summed E-state index contributed by atoms with van der Waals surface area (Å²) in [7, 11) is 0. The fourth-order valence-electron chi connectivity index (χ4n) is 3.73. The second kappa shape index (κ2) is 7.09. The van der Waals surface area contributed by atoms with Crippen LogP contribution < -0.4 is 25.7 Å². The molecule has 0 bridgehead atoms. The molecule has 29 heavy (non-hydrogen) atoms. The van der Waals surface area contributed by atoms with E-state index in [1.165, 1.54) is 0 Å². The van der Waals surface area contributed by atoms with E-state index in [1.807, 2.05) is 36.1 Å². The molecular formula is C20H19Cl2N5O2. The summed E-state index contributed by atoms with van der Waals surface area (Å²) in [4.78, 5) is 14.1. The van der Waals surface area contributed by atoms with Gasteiger partial charge in [0.1, 0.15) is 18.4 Å². The molecule has 3 aliphatic rings. The molecule has 9 heteroatoms. The third kappa shape index (κ3) is 3.19. The lowest BCUT2D eigenvalue weighted by atomic mass is 9.99. The van der Waals surface area contributed by atoms with Gasteiger partial charge in [-0.2, -0.15) is 5.10 Å². The zero-order valence-electron chi connectivity index (χ0n) is 15.6. The molecule has 0 radical (unpaired) electrons. The maximum absolute atomic E-state index is 12.2. The quantitative estimate of drug-likeness (QED) is 0.695. The van der Waals surface area contributed by atoms with Crippen molar-refractivity contribution in [1.82, 2.24) is 10.7 Å². The Hall–Kier alpha value is -2.48. The molecule has 1 atom stereocenters. The first-order chi connectivity index (χ1) is 14.0. The van der Waals surface area contributed by atoms with Crippen molar-refractivity contribution >= 4 is 46.3 Å². The number of anilines is 2. The van der Waals surface area contributed by atoms with Crippen molar-refractivity contribution in [2.75, 3.05) is 29.9 Å². The highest BCUT2D eigenvalue weighted by atomic mass is 35.5. The van der Waals surface area contributed by atoms with Crippen molar-refractivity contribution in [3.63, 3.8) is 0 Å². The number of nitrogens with one attached hydrogen (secondary N) is 3. The zero-order valence-corrected chi connectivity index (χ0v) is 17.1. The van der Waals surface area contributed by atoms with Gasteiger partial charge in [0.05, 0.1) is 11.7 Å². The van der Waals surface area contributed by atoms with E-state index in [1.54, 1.807) is 6.07 Å². The van der Waals surface area contributed by atoms with Crippen LogP contribution in [0.5, 0.6) is 5.75 Å². The van der Waals surface area contributed by atoms with Crippen LogP contribution in [0.25, 0.3) is 11.1 Å². The Kier molecular flexibility index (Phi) is 4.53. The number of carbonyl (C=O) groups excluding carboxylic acids is 1. The van der Waals surface area contributed by atoms with Gasteiger partial charge in [0.2, 0.25) is 0 Å². The first kappa shape index (κ1) is 18.5. The van der Waals surface area contributed by atoms with Crippen LogP contribution in [0.3, 0.4) is 0 Å². The maximum Gasteiger partial charge on any atom is 0.262 e. The molecule has 3 heterocycles. The van der Waals surface area contributed by atoms with Gasteiger partial charge in [-0.15, -0.1) is 0 Å². The van der Waals surface area contributed by atoms with Crippen LogP contribution in [0.2, 0.25) is 10.0 Å². The second-order valence-electron chi connectivity index (χ2n) is 7.33. The average molecular weight is 432 g/mol. The first-order valence-corrected chi connectivity index (χ1v) is 10.2. The minimum absolute atomic E-state index is 0.149. The van der Waals surface area contributed by atoms with Gasteiger partial charge in [0.25, 0.3) is 5.91 Å². The number of halogens is 2. The molecule has 3 aliphatic heterocycles. The summed E-state index contributed by atoms with van der Waals surface area (Å²) >= 11 is 12.6. The molecular weight excluding hydrogens is 413 g/mol. The predicted octanol–water partition coefficient (Wildman–Crippen LogP) is 3.07. The van der Waals surface area contributed by atoms with Gasteiger partial charge in [-0.25, -0.2) is 5.43 Å². The van der Waals surface area contributed by atoms with Crippen LogP contribution in [0, 0.1) is 0 Å². The molecule has 2 aromatic rings. The molecule has 1 amide bonds. The molecule has 150 valence electrons. The van der Waals surface area contributed by atoms with Crippen LogP contribution in [0.15, 0.2) is 35.4 Å². The molecule has 7 nitrogen and oxygen atoms in total. The van der Waals surface area contributed by atoms with E-state index >= 15 is 0 Å². The molecule has 0 saturated carbocycles. The monoisotopic (exact) mass is 431 g/mol. The third-order valence-corrected chi connectivity index (χ3v) is 5.97. The van der Waals surface area contributed by atoms with Crippen LogP contribution >= 0.6 is 23.2 Å². The molecule has 1 saturated heterocycles. The zero-order chi connectivity index (χ0) is 20.1. The Morgan fingerprint density at radius 1 is 1.21 bits per heavy atom. The summed E-state index contributed by atoms with van der Waals surface area (Å²) in [6, 6.07) is 9.37. The van der Waals surface area contributed by atoms with Gasteiger partial charge in [0.15, 0.2) is 5.84 Å². The number of amides is 1. The van der Waals surface area contributed by atoms with Crippen molar-refractivity contribution < 1.29 is 9.53 Å². The van der Waals surface area contributed by atoms with Crippen molar-refractivity contribution in [2.45, 2.75) is 19.0 Å². The summed E-state index contributed by atoms with van der Waals surface area (Å²) in [5.41, 5.74) is 6.06. The lowest BCUT2D eigenvalue weighted by Crippen LogP contribution is -2.55. The second-order valence-corrected chi connectivity index (χ2v) is 8.17. The van der Waals surface area contributed by atoms with Crippen molar-refractivity contribution in [3.8, 4) is 16.9 Å². The van der Waals surface area contributed by atoms with Gasteiger partial charge < -0.3 is 20.3 Å². The number of benzene rings is 2. The fourth-order valence-corrected chi connectivity index (χ4v) is 4.24. The number of hydrogen-bond donors (Lipinski definition) is 3. The number of nitrogens with zero attached hydrogens (tertiary/aromatic N) is 2. The molecule has 1 fully saturated rings. The number of amidine groups is 1. The fraction of sp³-hybridized carbons (Fsp3) is 0.300. The first-order valence-electron chi connectivity index (χ1n) is 9.40. The number of rotatable bonds is 3. The molecule has 0 spiro atoms. The Labute approximate surface area is 178 Å². The van der Waals surface area contributed by atoms with Gasteiger partial charge in [0, 0.05) is 39.9 Å². The third-order valence-electron chi connectivity index (χ3n) is 5.42. The summed E-state index contributed by atoms with van der Waals surface area (Å²) in [5.74, 6) is 1.21. The van der Waals surface area contributed by atoms with Crippen LogP contribution in [-0.4, -0.2) is 43.5 Å². The maximum atomic E-state index is 12.2. The van der Waals surface area contributed by atoms with E-state index in [-0.39, 0.29) is 18.6 Å². The summed E-state index contributed by atoms with van der Waals surface area (Å²) in [6.45, 7) is 3.91. The SMILES string of the molecule is CC1C(=O)NN=C2COc3cc(-c4ccc(Cl)cc4Cl)c(NC4CNC4)cc3N21. The Morgan fingerprint density at radius 2 is 2.03 bits per heavy atom. The van der Waals surface area contributed by atoms with Crippen molar-refractivity contribution in [3.05, 3.63) is 40.4 Å². The minimum Gasteiger partial charge on any atom is -0.483 e. The van der Waals surface area contributed by atoms with E-state index < -0.39 is 0 Å². The number of fused-ring (bicyclic) bond motifs is 3. The van der Waals surface area contributed by atoms with Gasteiger partial charge >= 0.3 is 0 Å². The Morgan fingerprint density at radius 3 is 2.76 bits per heavy atom. The topological polar surface area (TPSA) is 78.0 Å². The van der Waals surface area contributed by atoms with Crippen LogP contribution in [0.1, 0.15) is 6.92 Å². The molecule has 1 unspecified atom stereocenters. The van der Waals surface area contributed by atoms with Gasteiger partial charge in [-0.1, -0.05) is 29.3 Å². The number of hydrazone groups is 1. The Balaban J connectivity index is 1.65. The minimum atomic E-state index is -0.381. The molecule has 3 N–H and O–H groups in total. The van der Waals surface area contributed by atoms with Crippen molar-refractivity contribution in [2.24, 2.45) is 5.10 Å². The number of ether oxygens (including phenoxy) is 1. The standard InChI is InChI=1S/C20H19Cl2N5O2/c1-10-20(28)26-25-19-9-29-18-5-14(13-3-2-11(21)4-15(13)22)16(6-17(18)27(10)19)24-12-7-23-8-12/h2-6,10,12,23-24H,7-9H2,1H3,(H,26,28). The highest BCUT2D eigenvalue weighted by Crippen LogP contribution is 2.44. The lowest BCUT2D eigenvalue weighted by Gasteiger charge is -2.39. The summed E-state index contributed by atoms with van der Waals surface area (Å²) < 4.78 is 5.97.